The number of H-pyrrole nitrogens is 1. The monoisotopic (exact) mass is 865 g/mol. The molecule has 0 unspecified atom stereocenters. The average Bonchev–Trinajstić information content (AvgIpc) is 4.18. The molecule has 10 rings (SSSR count). The quantitative estimate of drug-likeness (QED) is 0.256. The number of carbonyl (C=O) groups excluding carboxylic acids is 4. The summed E-state index contributed by atoms with van der Waals surface area (Å²) < 4.78 is 5.66. The molecule has 2 aromatic carbocycles. The van der Waals surface area contributed by atoms with Crippen molar-refractivity contribution in [1.82, 2.24) is 48.1 Å². The summed E-state index contributed by atoms with van der Waals surface area (Å²) >= 11 is 0. The van der Waals surface area contributed by atoms with Crippen molar-refractivity contribution in [3.8, 4) is 0 Å². The van der Waals surface area contributed by atoms with Crippen molar-refractivity contribution in [2.45, 2.75) is 101 Å². The van der Waals surface area contributed by atoms with Gasteiger partial charge in [-0.1, -0.05) is 24.3 Å². The van der Waals surface area contributed by atoms with Crippen LogP contribution in [0.4, 0.5) is 0 Å². The Kier molecular flexibility index (Phi) is 12.9. The number of fused-ring (bicyclic) bond motifs is 2. The second-order valence-electron chi connectivity index (χ2n) is 18.6. The molecule has 4 amide bonds. The van der Waals surface area contributed by atoms with E-state index in [1.807, 2.05) is 84.3 Å². The molecule has 6 fully saturated rings. The van der Waals surface area contributed by atoms with Gasteiger partial charge in [0.15, 0.2) is 0 Å². The molecule has 0 bridgehead atoms. The number of nitrogens with zero attached hydrogens (tertiary/aromatic N) is 9. The molecule has 6 aliphatic heterocycles. The number of aryl methyl sites for hydroxylation is 1. The highest BCUT2D eigenvalue weighted by Crippen LogP contribution is 2.30. The minimum Gasteiger partial charge on any atom is -0.342 e. The van der Waals surface area contributed by atoms with E-state index in [9.17, 15) is 28.8 Å². The molecule has 0 radical (unpaired) electrons. The first-order chi connectivity index (χ1) is 30.6. The number of para-hydroxylation sites is 4. The van der Waals surface area contributed by atoms with Crippen LogP contribution >= 0.6 is 0 Å². The van der Waals surface area contributed by atoms with E-state index in [0.29, 0.717) is 50.9 Å². The van der Waals surface area contributed by atoms with Gasteiger partial charge in [-0.15, -0.1) is 0 Å². The highest BCUT2D eigenvalue weighted by molar-refractivity contribution is 5.81. The van der Waals surface area contributed by atoms with Gasteiger partial charge in [0.05, 0.1) is 22.1 Å². The van der Waals surface area contributed by atoms with E-state index in [1.165, 1.54) is 0 Å². The Morgan fingerprint density at radius 1 is 0.556 bits per heavy atom. The topological polar surface area (TPSA) is 152 Å². The molecule has 63 heavy (non-hydrogen) atoms. The third-order valence-corrected chi connectivity index (χ3v) is 14.9. The molecule has 2 aromatic heterocycles. The Bertz CT molecular complexity index is 2420. The van der Waals surface area contributed by atoms with Crippen molar-refractivity contribution < 1.29 is 19.2 Å². The first-order valence-electron chi connectivity index (χ1n) is 23.6. The third kappa shape index (κ3) is 9.11. The fourth-order valence-electron chi connectivity index (χ4n) is 11.3. The van der Waals surface area contributed by atoms with Crippen molar-refractivity contribution in [1.29, 1.82) is 0 Å². The number of hydrogen-bond donors (Lipinski definition) is 1. The number of nitrogens with one attached hydrogen (secondary N) is 1. The van der Waals surface area contributed by atoms with Gasteiger partial charge in [-0.2, -0.15) is 0 Å². The van der Waals surface area contributed by atoms with Crippen LogP contribution in [0.2, 0.25) is 0 Å². The molecule has 0 aliphatic carbocycles. The lowest BCUT2D eigenvalue weighted by molar-refractivity contribution is -0.133. The standard InChI is InChI=1S/C24H33N5O3.C23H31N5O3/c1-25-20-5-2-3-6-21(20)29(24(25)32)18-8-13-26(14-9-18)19-10-15-28(17-19)23(31)11-16-27-12-4-7-22(27)30;29-21-6-3-11-26(21)15-10-22(30)27-14-9-18(16-27)25-12-7-17(8-13-25)28-20-5-2-1-4-19(20)24-23(28)31/h2-3,5-6,18-19H,4,7-17H2,1H3;1-2,4-5,17-18H,3,6-16H2,(H,24,31)/t19-;18-/m00/s1. The van der Waals surface area contributed by atoms with Gasteiger partial charge in [0.2, 0.25) is 23.6 Å². The van der Waals surface area contributed by atoms with Crippen LogP contribution in [-0.4, -0.2) is 162 Å². The zero-order chi connectivity index (χ0) is 43.6. The molecule has 16 heteroatoms. The number of imidazole rings is 2. The normalized spacial score (nSPS) is 23.2. The lowest BCUT2D eigenvalue weighted by Gasteiger charge is -2.36. The van der Waals surface area contributed by atoms with Crippen molar-refractivity contribution in [3.63, 3.8) is 0 Å². The highest BCUT2D eigenvalue weighted by atomic mass is 16.2. The number of likely N-dealkylation sites (tertiary alicyclic amines) is 6. The van der Waals surface area contributed by atoms with E-state index < -0.39 is 0 Å². The first-order valence-corrected chi connectivity index (χ1v) is 23.6. The van der Waals surface area contributed by atoms with Crippen molar-refractivity contribution >= 4 is 45.7 Å². The van der Waals surface area contributed by atoms with Crippen LogP contribution in [0.25, 0.3) is 22.1 Å². The number of amides is 4. The van der Waals surface area contributed by atoms with Gasteiger partial charge in [-0.3, -0.25) is 42.7 Å². The summed E-state index contributed by atoms with van der Waals surface area (Å²) in [5, 5.41) is 0. The molecule has 4 aromatic rings. The van der Waals surface area contributed by atoms with Crippen LogP contribution in [0.1, 0.15) is 89.1 Å². The van der Waals surface area contributed by atoms with Gasteiger partial charge >= 0.3 is 11.4 Å². The minimum atomic E-state index is -0.0197. The Hall–Kier alpha value is -5.22. The Morgan fingerprint density at radius 2 is 1.02 bits per heavy atom. The summed E-state index contributed by atoms with van der Waals surface area (Å²) in [7, 11) is 1.85. The van der Waals surface area contributed by atoms with Gasteiger partial charge in [-0.05, 0) is 75.6 Å². The summed E-state index contributed by atoms with van der Waals surface area (Å²) in [6.45, 7) is 9.69. The third-order valence-electron chi connectivity index (χ3n) is 14.9. The highest BCUT2D eigenvalue weighted by Gasteiger charge is 2.36. The van der Waals surface area contributed by atoms with Gasteiger partial charge in [0.25, 0.3) is 0 Å². The first kappa shape index (κ1) is 43.1. The Morgan fingerprint density at radius 3 is 1.52 bits per heavy atom. The van der Waals surface area contributed by atoms with Crippen LogP contribution in [0, 0.1) is 0 Å². The van der Waals surface area contributed by atoms with E-state index in [0.717, 1.165) is 139 Å². The van der Waals surface area contributed by atoms with Crippen LogP contribution in [0.5, 0.6) is 0 Å². The van der Waals surface area contributed by atoms with Crippen molar-refractivity contribution in [3.05, 3.63) is 69.5 Å². The molecule has 338 valence electrons. The molecule has 8 heterocycles. The van der Waals surface area contributed by atoms with E-state index in [4.69, 9.17) is 0 Å². The number of piperidine rings is 2. The van der Waals surface area contributed by atoms with Crippen LogP contribution in [0.15, 0.2) is 58.1 Å². The zero-order valence-electron chi connectivity index (χ0n) is 36.9. The molecule has 0 saturated carbocycles. The molecular formula is C47H64N10O6. The lowest BCUT2D eigenvalue weighted by atomic mass is 10.0. The molecule has 0 spiro atoms. The molecule has 16 nitrogen and oxygen atoms in total. The Balaban J connectivity index is 0.000000160. The molecule has 6 aliphatic rings. The Labute approximate surface area is 368 Å². The lowest BCUT2D eigenvalue weighted by Crippen LogP contribution is -2.45. The summed E-state index contributed by atoms with van der Waals surface area (Å²) in [5.41, 5.74) is 3.94. The summed E-state index contributed by atoms with van der Waals surface area (Å²) in [6.07, 6.45) is 9.77. The molecule has 1 N–H and O–H groups in total. The maximum absolute atomic E-state index is 12.9. The second kappa shape index (κ2) is 18.9. The predicted octanol–water partition coefficient (Wildman–Crippen LogP) is 3.17. The number of benzene rings is 2. The number of aromatic nitrogens is 4. The molecule has 6 saturated heterocycles. The average molecular weight is 865 g/mol. The van der Waals surface area contributed by atoms with E-state index in [-0.39, 0.29) is 47.1 Å². The van der Waals surface area contributed by atoms with E-state index >= 15 is 0 Å². The molecule has 2 atom stereocenters. The van der Waals surface area contributed by atoms with Gasteiger partial charge in [-0.25, -0.2) is 9.59 Å². The SMILES string of the molecule is Cn1c(=O)n(C2CCN([C@H]3CCN(C(=O)CCN4CCCC4=O)C3)CC2)c2ccccc21.O=C1CCCN1CCC(=O)N1CC[C@H](N2CCC(n3c(=O)[nH]c4ccccc43)CC2)C1. The smallest absolute Gasteiger partial charge is 0.329 e. The van der Waals surface area contributed by atoms with Gasteiger partial charge < -0.3 is 24.6 Å². The summed E-state index contributed by atoms with van der Waals surface area (Å²) in [5.74, 6) is 0.710. The fourth-order valence-corrected chi connectivity index (χ4v) is 11.3. The van der Waals surface area contributed by atoms with Crippen molar-refractivity contribution in [2.24, 2.45) is 7.05 Å². The van der Waals surface area contributed by atoms with E-state index in [2.05, 4.69) is 14.8 Å². The number of aromatic amines is 1. The van der Waals surface area contributed by atoms with Crippen molar-refractivity contribution in [2.75, 3.05) is 78.5 Å². The second-order valence-corrected chi connectivity index (χ2v) is 18.6. The maximum Gasteiger partial charge on any atom is 0.329 e. The van der Waals surface area contributed by atoms with Gasteiger partial charge in [0, 0.05) is 135 Å². The predicted molar refractivity (Wildman–Crippen MR) is 240 cm³/mol. The number of rotatable bonds is 10. The van der Waals surface area contributed by atoms with Crippen LogP contribution < -0.4 is 11.4 Å². The summed E-state index contributed by atoms with van der Waals surface area (Å²) in [6, 6.07) is 17.1. The van der Waals surface area contributed by atoms with E-state index in [1.54, 1.807) is 4.57 Å². The maximum atomic E-state index is 12.9. The number of carbonyl (C=O) groups is 4. The minimum absolute atomic E-state index is 0.0197. The van der Waals surface area contributed by atoms with Crippen LogP contribution in [0.3, 0.4) is 0 Å². The number of hydrogen-bond acceptors (Lipinski definition) is 8. The fraction of sp³-hybridized carbons (Fsp3) is 0.617. The molecular weight excluding hydrogens is 801 g/mol. The van der Waals surface area contributed by atoms with Crippen LogP contribution in [-0.2, 0) is 26.2 Å². The largest absolute Gasteiger partial charge is 0.342 e. The zero-order valence-corrected chi connectivity index (χ0v) is 36.9. The van der Waals surface area contributed by atoms with Gasteiger partial charge in [0.1, 0.15) is 0 Å². The summed E-state index contributed by atoms with van der Waals surface area (Å²) in [4.78, 5) is 89.7.